The first kappa shape index (κ1) is 20.4. The van der Waals surface area contributed by atoms with E-state index in [1.54, 1.807) is 7.11 Å². The van der Waals surface area contributed by atoms with Crippen molar-refractivity contribution in [2.45, 2.75) is 58.7 Å². The maximum Gasteiger partial charge on any atom is 0.407 e. The zero-order valence-corrected chi connectivity index (χ0v) is 16.6. The van der Waals surface area contributed by atoms with E-state index < -0.39 is 5.60 Å². The average molecular weight is 364 g/mol. The molecule has 0 heterocycles. The summed E-state index contributed by atoms with van der Waals surface area (Å²) >= 11 is 0. The number of alkyl carbamates (subject to hydrolysis) is 1. The highest BCUT2D eigenvalue weighted by Gasteiger charge is 2.31. The van der Waals surface area contributed by atoms with Crippen LogP contribution in [0.2, 0.25) is 0 Å². The van der Waals surface area contributed by atoms with Crippen LogP contribution >= 0.6 is 0 Å². The summed E-state index contributed by atoms with van der Waals surface area (Å²) < 4.78 is 16.4. The van der Waals surface area contributed by atoms with Crippen molar-refractivity contribution < 1.29 is 19.0 Å². The van der Waals surface area contributed by atoms with Crippen molar-refractivity contribution in [2.24, 2.45) is 5.92 Å². The van der Waals surface area contributed by atoms with Crippen LogP contribution in [0, 0.1) is 5.92 Å². The molecule has 6 nitrogen and oxygen atoms in total. The van der Waals surface area contributed by atoms with Crippen molar-refractivity contribution in [1.29, 1.82) is 0 Å². The molecule has 1 aliphatic rings. The maximum absolute atomic E-state index is 11.7. The molecule has 1 amide bonds. The van der Waals surface area contributed by atoms with Crippen LogP contribution < -0.4 is 20.1 Å². The lowest BCUT2D eigenvalue weighted by Crippen LogP contribution is -2.48. The fourth-order valence-electron chi connectivity index (χ4n) is 3.11. The first-order chi connectivity index (χ1) is 12.3. The molecule has 26 heavy (non-hydrogen) atoms. The molecule has 0 atom stereocenters. The molecule has 1 aromatic carbocycles. The number of ether oxygens (including phenoxy) is 3. The summed E-state index contributed by atoms with van der Waals surface area (Å²) in [5, 5.41) is 6.41. The van der Waals surface area contributed by atoms with Crippen LogP contribution in [-0.4, -0.2) is 38.0 Å². The summed E-state index contributed by atoms with van der Waals surface area (Å²) in [4.78, 5) is 11.7. The molecule has 146 valence electrons. The Balaban J connectivity index is 1.71. The second kappa shape index (κ2) is 9.12. The largest absolute Gasteiger partial charge is 0.493 e. The van der Waals surface area contributed by atoms with E-state index in [0.29, 0.717) is 12.5 Å². The van der Waals surface area contributed by atoms with Crippen LogP contribution in [0.15, 0.2) is 18.2 Å². The minimum absolute atomic E-state index is 0.215. The van der Waals surface area contributed by atoms with Gasteiger partial charge in [0.1, 0.15) is 5.60 Å². The zero-order valence-electron chi connectivity index (χ0n) is 16.6. The lowest BCUT2D eigenvalue weighted by Gasteiger charge is -2.36. The third-order valence-electron chi connectivity index (χ3n) is 4.27. The number of amides is 1. The second-order valence-corrected chi connectivity index (χ2v) is 7.69. The highest BCUT2D eigenvalue weighted by atomic mass is 16.6. The van der Waals surface area contributed by atoms with E-state index in [0.717, 1.165) is 43.0 Å². The molecule has 1 aromatic rings. The predicted octanol–water partition coefficient (Wildman–Crippen LogP) is 3.49. The lowest BCUT2D eigenvalue weighted by molar-refractivity contribution is 0.0452. The van der Waals surface area contributed by atoms with Gasteiger partial charge in [0.15, 0.2) is 11.5 Å². The van der Waals surface area contributed by atoms with E-state index in [1.807, 2.05) is 45.9 Å². The molecular weight excluding hydrogens is 332 g/mol. The van der Waals surface area contributed by atoms with Gasteiger partial charge in [0, 0.05) is 18.2 Å². The van der Waals surface area contributed by atoms with Crippen molar-refractivity contribution in [3.05, 3.63) is 23.8 Å². The molecule has 6 heteroatoms. The van der Waals surface area contributed by atoms with Gasteiger partial charge in [-0.2, -0.15) is 0 Å². The Kier molecular flexibility index (Phi) is 7.14. The van der Waals surface area contributed by atoms with Crippen molar-refractivity contribution in [1.82, 2.24) is 10.6 Å². The standard InChI is InChI=1S/C20H32N2O4/c1-6-25-17-9-7-8-15(18(17)24-5)13-21-12-14-10-16(11-14)22-19(23)26-20(2,3)4/h7-9,14,16,21H,6,10-13H2,1-5H3,(H,22,23). The predicted molar refractivity (Wildman–Crippen MR) is 102 cm³/mol. The maximum atomic E-state index is 11.7. The molecule has 0 spiro atoms. The van der Waals surface area contributed by atoms with Crippen LogP contribution in [-0.2, 0) is 11.3 Å². The van der Waals surface area contributed by atoms with E-state index in [9.17, 15) is 4.79 Å². The van der Waals surface area contributed by atoms with Crippen LogP contribution in [0.5, 0.6) is 11.5 Å². The van der Waals surface area contributed by atoms with Crippen LogP contribution in [0.3, 0.4) is 0 Å². The number of carbonyl (C=O) groups is 1. The Hall–Kier alpha value is -1.95. The summed E-state index contributed by atoms with van der Waals surface area (Å²) in [6, 6.07) is 6.16. The van der Waals surface area contributed by atoms with E-state index in [2.05, 4.69) is 10.6 Å². The van der Waals surface area contributed by atoms with Gasteiger partial charge in [0.25, 0.3) is 0 Å². The van der Waals surface area contributed by atoms with E-state index in [4.69, 9.17) is 14.2 Å². The third-order valence-corrected chi connectivity index (χ3v) is 4.27. The summed E-state index contributed by atoms with van der Waals surface area (Å²) in [6.07, 6.45) is 1.62. The van der Waals surface area contributed by atoms with Crippen molar-refractivity contribution in [2.75, 3.05) is 20.3 Å². The first-order valence-electron chi connectivity index (χ1n) is 9.31. The smallest absolute Gasteiger partial charge is 0.407 e. The third kappa shape index (κ3) is 6.09. The number of rotatable bonds is 8. The van der Waals surface area contributed by atoms with Gasteiger partial charge in [-0.15, -0.1) is 0 Å². The van der Waals surface area contributed by atoms with E-state index in [1.165, 1.54) is 0 Å². The molecule has 0 aliphatic heterocycles. The van der Waals surface area contributed by atoms with Crippen LogP contribution in [0.4, 0.5) is 4.79 Å². The fourth-order valence-corrected chi connectivity index (χ4v) is 3.11. The minimum Gasteiger partial charge on any atom is -0.493 e. The number of methoxy groups -OCH3 is 1. The zero-order chi connectivity index (χ0) is 19.2. The topological polar surface area (TPSA) is 68.8 Å². The van der Waals surface area contributed by atoms with E-state index in [-0.39, 0.29) is 12.1 Å². The van der Waals surface area contributed by atoms with Crippen molar-refractivity contribution >= 4 is 6.09 Å². The lowest BCUT2D eigenvalue weighted by atomic mass is 9.80. The Morgan fingerprint density at radius 1 is 1.27 bits per heavy atom. The summed E-state index contributed by atoms with van der Waals surface area (Å²) in [7, 11) is 1.67. The van der Waals surface area contributed by atoms with Crippen LogP contribution in [0.25, 0.3) is 0 Å². The molecule has 2 N–H and O–H groups in total. The molecular formula is C20H32N2O4. The van der Waals surface area contributed by atoms with Gasteiger partial charge in [-0.1, -0.05) is 12.1 Å². The summed E-state index contributed by atoms with van der Waals surface area (Å²) in [6.45, 7) is 9.82. The Labute approximate surface area is 156 Å². The minimum atomic E-state index is -0.454. The fraction of sp³-hybridized carbons (Fsp3) is 0.650. The molecule has 0 bridgehead atoms. The number of nitrogens with one attached hydrogen (secondary N) is 2. The molecule has 0 saturated heterocycles. The molecule has 2 rings (SSSR count). The Bertz CT molecular complexity index is 592. The second-order valence-electron chi connectivity index (χ2n) is 7.69. The Morgan fingerprint density at radius 2 is 2.00 bits per heavy atom. The molecule has 1 fully saturated rings. The van der Waals surface area contributed by atoms with Crippen molar-refractivity contribution in [3.63, 3.8) is 0 Å². The van der Waals surface area contributed by atoms with Gasteiger partial charge < -0.3 is 24.8 Å². The molecule has 0 aromatic heterocycles. The SMILES string of the molecule is CCOc1cccc(CNCC2CC(NC(=O)OC(C)(C)C)C2)c1OC. The molecule has 0 radical (unpaired) electrons. The van der Waals surface area contributed by atoms with Crippen LogP contribution in [0.1, 0.15) is 46.1 Å². The van der Waals surface area contributed by atoms with Crippen molar-refractivity contribution in [3.8, 4) is 11.5 Å². The number of para-hydroxylation sites is 1. The number of carbonyl (C=O) groups excluding carboxylic acids is 1. The number of hydrogen-bond acceptors (Lipinski definition) is 5. The highest BCUT2D eigenvalue weighted by Crippen LogP contribution is 2.31. The Morgan fingerprint density at radius 3 is 2.62 bits per heavy atom. The van der Waals surface area contributed by atoms with Gasteiger partial charge in [0.2, 0.25) is 0 Å². The van der Waals surface area contributed by atoms with Gasteiger partial charge in [-0.3, -0.25) is 0 Å². The molecule has 1 saturated carbocycles. The highest BCUT2D eigenvalue weighted by molar-refractivity contribution is 5.68. The van der Waals surface area contributed by atoms with Gasteiger partial charge in [-0.25, -0.2) is 4.79 Å². The summed E-state index contributed by atoms with van der Waals surface area (Å²) in [5.41, 5.74) is 0.630. The number of benzene rings is 1. The van der Waals surface area contributed by atoms with Gasteiger partial charge >= 0.3 is 6.09 Å². The molecule has 1 aliphatic carbocycles. The first-order valence-corrected chi connectivity index (χ1v) is 9.31. The van der Waals surface area contributed by atoms with Gasteiger partial charge in [-0.05, 0) is 59.1 Å². The quantitative estimate of drug-likeness (QED) is 0.739. The summed E-state index contributed by atoms with van der Waals surface area (Å²) in [5.74, 6) is 2.13. The normalized spacial score (nSPS) is 19.4. The monoisotopic (exact) mass is 364 g/mol. The number of hydrogen-bond donors (Lipinski definition) is 2. The average Bonchev–Trinajstić information content (AvgIpc) is 2.51. The molecule has 0 unspecified atom stereocenters. The van der Waals surface area contributed by atoms with E-state index >= 15 is 0 Å². The van der Waals surface area contributed by atoms with Gasteiger partial charge in [0.05, 0.1) is 13.7 Å².